The molecule has 0 bridgehead atoms. The molecule has 0 spiro atoms. The number of fused-ring (bicyclic) bond motifs is 1. The number of benzene rings is 2. The molecule has 2 amide bonds. The number of ether oxygens (including phenoxy) is 2. The van der Waals surface area contributed by atoms with Crippen molar-refractivity contribution in [2.24, 2.45) is 5.92 Å². The van der Waals surface area contributed by atoms with E-state index in [1.165, 1.54) is 29.8 Å². The molecule has 0 saturated carbocycles. The number of nitrogens with zero attached hydrogens (tertiary/aromatic N) is 2. The van der Waals surface area contributed by atoms with Crippen molar-refractivity contribution in [3.8, 4) is 11.5 Å². The number of methoxy groups -OCH3 is 2. The van der Waals surface area contributed by atoms with Crippen LogP contribution in [0.4, 0.5) is 4.39 Å². The maximum absolute atomic E-state index is 13.3. The number of piperidine rings is 1. The maximum Gasteiger partial charge on any atom is 0.496 e. The molecule has 0 unspecified atom stereocenters. The number of carbonyl (C=O) groups excluding carboxylic acids is 2. The van der Waals surface area contributed by atoms with Gasteiger partial charge in [-0.15, -0.1) is 4.67 Å². The van der Waals surface area contributed by atoms with Crippen molar-refractivity contribution in [1.29, 1.82) is 0 Å². The fraction of sp³-hybridized carbons (Fsp3) is 0.462. The Morgan fingerprint density at radius 2 is 1.74 bits per heavy atom. The minimum Gasteiger partial charge on any atom is -0.493 e. The lowest BCUT2D eigenvalue weighted by atomic mass is 9.93. The predicted octanol–water partition coefficient (Wildman–Crippen LogP) is 3.68. The fourth-order valence-electron chi connectivity index (χ4n) is 4.82. The normalized spacial score (nSPS) is 16.8. The van der Waals surface area contributed by atoms with Gasteiger partial charge in [0.05, 0.1) is 20.1 Å². The molecule has 1 atom stereocenters. The van der Waals surface area contributed by atoms with Crippen LogP contribution >= 0.6 is 7.91 Å². The van der Waals surface area contributed by atoms with Crippen molar-refractivity contribution in [2.75, 3.05) is 46.9 Å². The first-order valence-corrected chi connectivity index (χ1v) is 13.6. The number of hydrogen-bond donors (Lipinski definition) is 2. The van der Waals surface area contributed by atoms with Crippen LogP contribution in [-0.2, 0) is 31.6 Å². The van der Waals surface area contributed by atoms with Crippen molar-refractivity contribution in [2.45, 2.75) is 25.8 Å². The molecule has 2 heterocycles. The van der Waals surface area contributed by atoms with Crippen LogP contribution < -0.4 is 14.8 Å². The predicted molar refractivity (Wildman–Crippen MR) is 141 cm³/mol. The Balaban J connectivity index is 0.000000858. The third-order valence-electron chi connectivity index (χ3n) is 6.77. The standard InChI is InChI=1S/C26H32FN3O4.HO4P.H2/c1-33-23-14-19-9-12-30(17-21(19)15-24(23)34-2)26(32)20-4-3-11-29(16-20)13-10-28-25(31)18-5-7-22(27)8-6-18;1-4-5(2)3;/h5-8,14-15,20H,3-4,9-13,16-17H2,1-2H3,(H,28,31);1H;1H/t20-;;/m1../s1. The molecule has 0 radical (unpaired) electrons. The van der Waals surface area contributed by atoms with E-state index in [0.29, 0.717) is 44.0 Å². The average molecular weight is 568 g/mol. The molecule has 1 fully saturated rings. The molecular formula is C26H35FN3O8P. The highest BCUT2D eigenvalue weighted by atomic mass is 31.1. The summed E-state index contributed by atoms with van der Waals surface area (Å²) in [6, 6.07) is 9.50. The van der Waals surface area contributed by atoms with E-state index in [-0.39, 0.29) is 25.0 Å². The van der Waals surface area contributed by atoms with Crippen molar-refractivity contribution in [3.05, 3.63) is 58.9 Å². The highest BCUT2D eigenvalue weighted by Crippen LogP contribution is 2.34. The molecular weight excluding hydrogens is 532 g/mol. The first-order valence-electron chi connectivity index (χ1n) is 12.5. The van der Waals surface area contributed by atoms with Crippen molar-refractivity contribution in [1.82, 2.24) is 15.1 Å². The fourth-order valence-corrected chi connectivity index (χ4v) is 4.82. The van der Waals surface area contributed by atoms with Gasteiger partial charge in [-0.1, -0.05) is 0 Å². The van der Waals surface area contributed by atoms with Gasteiger partial charge in [0.15, 0.2) is 11.5 Å². The van der Waals surface area contributed by atoms with Gasteiger partial charge in [-0.25, -0.2) is 18.8 Å². The lowest BCUT2D eigenvalue weighted by molar-refractivity contribution is -0.138. The smallest absolute Gasteiger partial charge is 0.493 e. The Bertz CT molecular complexity index is 1210. The number of amides is 2. The summed E-state index contributed by atoms with van der Waals surface area (Å²) in [6.07, 6.45) is 2.64. The zero-order chi connectivity index (χ0) is 28.4. The summed E-state index contributed by atoms with van der Waals surface area (Å²) >= 11 is 0. The van der Waals surface area contributed by atoms with E-state index in [9.17, 15) is 14.0 Å². The van der Waals surface area contributed by atoms with Gasteiger partial charge in [0.25, 0.3) is 5.91 Å². The molecule has 0 aromatic heterocycles. The molecule has 39 heavy (non-hydrogen) atoms. The van der Waals surface area contributed by atoms with Gasteiger partial charge < -0.3 is 24.6 Å². The van der Waals surface area contributed by atoms with E-state index in [1.807, 2.05) is 17.0 Å². The van der Waals surface area contributed by atoms with Crippen LogP contribution in [0.2, 0.25) is 0 Å². The number of hydrogen-bond acceptors (Lipinski definition) is 9. The van der Waals surface area contributed by atoms with Gasteiger partial charge in [-0.05, 0) is 73.3 Å². The van der Waals surface area contributed by atoms with Crippen LogP contribution in [0.3, 0.4) is 0 Å². The Kier molecular flexibility index (Phi) is 11.4. The first kappa shape index (κ1) is 30.2. The summed E-state index contributed by atoms with van der Waals surface area (Å²) in [5.41, 5.74) is 2.74. The van der Waals surface area contributed by atoms with E-state index in [2.05, 4.69) is 14.9 Å². The van der Waals surface area contributed by atoms with Crippen LogP contribution in [0, 0.1) is 11.7 Å². The van der Waals surface area contributed by atoms with E-state index in [4.69, 9.17) is 23.9 Å². The van der Waals surface area contributed by atoms with E-state index in [0.717, 1.165) is 37.1 Å². The zero-order valence-electron chi connectivity index (χ0n) is 21.9. The van der Waals surface area contributed by atoms with Gasteiger partial charge in [-0.3, -0.25) is 9.59 Å². The molecule has 214 valence electrons. The monoisotopic (exact) mass is 567 g/mol. The highest BCUT2D eigenvalue weighted by molar-refractivity contribution is 7.24. The van der Waals surface area contributed by atoms with Gasteiger partial charge in [0.2, 0.25) is 5.91 Å². The summed E-state index contributed by atoms with van der Waals surface area (Å²) < 4.78 is 44.5. The quantitative estimate of drug-likeness (QED) is 0.278. The Morgan fingerprint density at radius 1 is 1.10 bits per heavy atom. The molecule has 2 aromatic rings. The number of rotatable bonds is 8. The lowest BCUT2D eigenvalue weighted by Gasteiger charge is -2.37. The van der Waals surface area contributed by atoms with Crippen LogP contribution in [0.1, 0.15) is 35.8 Å². The number of likely N-dealkylation sites (tertiary alicyclic amines) is 1. The third-order valence-corrected chi connectivity index (χ3v) is 6.90. The van der Waals surface area contributed by atoms with Crippen LogP contribution in [0.15, 0.2) is 36.4 Å². The molecule has 2 aliphatic heterocycles. The molecule has 2 aromatic carbocycles. The second-order valence-corrected chi connectivity index (χ2v) is 9.80. The lowest BCUT2D eigenvalue weighted by Crippen LogP contribution is -2.47. The minimum atomic E-state index is -3.04. The van der Waals surface area contributed by atoms with Gasteiger partial charge in [-0.2, -0.15) is 0 Å². The maximum atomic E-state index is 13.3. The Labute approximate surface area is 228 Å². The summed E-state index contributed by atoms with van der Waals surface area (Å²) in [5, 5.41) is 9.93. The Morgan fingerprint density at radius 3 is 2.36 bits per heavy atom. The number of nitrogens with one attached hydrogen (secondary N) is 1. The second-order valence-electron chi connectivity index (χ2n) is 9.19. The number of carbonyl (C=O) groups is 2. The summed E-state index contributed by atoms with van der Waals surface area (Å²) in [7, 11) is 0.208. The summed E-state index contributed by atoms with van der Waals surface area (Å²) in [4.78, 5) is 29.8. The largest absolute Gasteiger partial charge is 0.496 e. The third kappa shape index (κ3) is 8.59. The molecule has 2 aliphatic rings. The second kappa shape index (κ2) is 14.7. The molecule has 4 rings (SSSR count). The highest BCUT2D eigenvalue weighted by Gasteiger charge is 2.31. The van der Waals surface area contributed by atoms with Gasteiger partial charge in [0.1, 0.15) is 5.82 Å². The molecule has 2 N–H and O–H groups in total. The summed E-state index contributed by atoms with van der Waals surface area (Å²) in [6.45, 7) is 4.05. The molecule has 13 heteroatoms. The topological polar surface area (TPSA) is 135 Å². The van der Waals surface area contributed by atoms with E-state index >= 15 is 0 Å². The van der Waals surface area contributed by atoms with E-state index < -0.39 is 7.91 Å². The van der Waals surface area contributed by atoms with Gasteiger partial charge in [0, 0.05) is 39.7 Å². The van der Waals surface area contributed by atoms with Crippen LogP contribution in [0.5, 0.6) is 11.5 Å². The Hall–Kier alpha value is -3.31. The molecule has 11 nitrogen and oxygen atoms in total. The van der Waals surface area contributed by atoms with Crippen molar-refractivity contribution in [3.63, 3.8) is 0 Å². The first-order chi connectivity index (χ1) is 18.7. The molecule has 1 saturated heterocycles. The van der Waals surface area contributed by atoms with Crippen molar-refractivity contribution < 1.29 is 43.9 Å². The molecule has 0 aliphatic carbocycles. The van der Waals surface area contributed by atoms with Crippen LogP contribution in [-0.4, -0.2) is 73.8 Å². The minimum absolute atomic E-state index is 0. The number of halogens is 1. The van der Waals surface area contributed by atoms with E-state index in [1.54, 1.807) is 14.2 Å². The van der Waals surface area contributed by atoms with Gasteiger partial charge >= 0.3 is 7.91 Å². The zero-order valence-corrected chi connectivity index (χ0v) is 22.8. The summed E-state index contributed by atoms with van der Waals surface area (Å²) in [5.74, 6) is 0.974. The van der Waals surface area contributed by atoms with Crippen molar-refractivity contribution >= 4 is 19.7 Å². The van der Waals surface area contributed by atoms with Crippen LogP contribution in [0.25, 0.3) is 0 Å². The average Bonchev–Trinajstić information content (AvgIpc) is 2.96. The SMILES string of the molecule is COc1cc2c(cc1OC)CN(C(=O)[C@@H]1CCCN(CCNC(=O)c3ccc(F)cc3)C1)CC2.O=P(=O)OO.[HH].